The standard InChI is InChI=1S/C20H27N5O/c1-6-12(2)24-14(4)15-7-17(25-19(9-15)20(26)22-5)8-16-10-23-11-18(21)13(16)3/h7,9-12,24H,4,6,8,21H2,1-3,5H3,(H,22,26)/t12-/m1/s1. The van der Waals surface area contributed by atoms with Crippen molar-refractivity contribution in [2.45, 2.75) is 39.7 Å². The molecule has 6 heteroatoms. The van der Waals surface area contributed by atoms with Gasteiger partial charge in [0.15, 0.2) is 0 Å². The lowest BCUT2D eigenvalue weighted by atomic mass is 10.0. The van der Waals surface area contributed by atoms with Gasteiger partial charge in [-0.2, -0.15) is 0 Å². The van der Waals surface area contributed by atoms with Crippen LogP contribution < -0.4 is 16.4 Å². The number of carbonyl (C=O) groups excluding carboxylic acids is 1. The highest BCUT2D eigenvalue weighted by molar-refractivity contribution is 5.93. The van der Waals surface area contributed by atoms with Crippen molar-refractivity contribution in [2.24, 2.45) is 0 Å². The van der Waals surface area contributed by atoms with Gasteiger partial charge in [-0.3, -0.25) is 9.78 Å². The molecule has 2 rings (SSSR count). The Bertz CT molecular complexity index is 816. The van der Waals surface area contributed by atoms with Gasteiger partial charge in [-0.25, -0.2) is 4.98 Å². The van der Waals surface area contributed by atoms with Crippen LogP contribution in [0.4, 0.5) is 5.69 Å². The van der Waals surface area contributed by atoms with Crippen LogP contribution in [0.15, 0.2) is 31.1 Å². The highest BCUT2D eigenvalue weighted by Crippen LogP contribution is 2.20. The number of hydrogen-bond acceptors (Lipinski definition) is 5. The second-order valence-corrected chi connectivity index (χ2v) is 6.43. The van der Waals surface area contributed by atoms with Crippen molar-refractivity contribution in [1.29, 1.82) is 0 Å². The van der Waals surface area contributed by atoms with Crippen LogP contribution in [0.3, 0.4) is 0 Å². The van der Waals surface area contributed by atoms with Crippen molar-refractivity contribution in [2.75, 3.05) is 12.8 Å². The summed E-state index contributed by atoms with van der Waals surface area (Å²) in [5.41, 5.74) is 11.3. The maximum atomic E-state index is 12.1. The Morgan fingerprint density at radius 2 is 2.08 bits per heavy atom. The molecule has 1 atom stereocenters. The Hall–Kier alpha value is -2.89. The molecule has 138 valence electrons. The van der Waals surface area contributed by atoms with E-state index < -0.39 is 0 Å². The van der Waals surface area contributed by atoms with Gasteiger partial charge in [0.2, 0.25) is 0 Å². The topological polar surface area (TPSA) is 92.9 Å². The lowest BCUT2D eigenvalue weighted by Gasteiger charge is -2.17. The highest BCUT2D eigenvalue weighted by atomic mass is 16.1. The van der Waals surface area contributed by atoms with E-state index in [1.54, 1.807) is 25.5 Å². The maximum Gasteiger partial charge on any atom is 0.269 e. The summed E-state index contributed by atoms with van der Waals surface area (Å²) < 4.78 is 0. The summed E-state index contributed by atoms with van der Waals surface area (Å²) in [4.78, 5) is 20.8. The first kappa shape index (κ1) is 19.4. The summed E-state index contributed by atoms with van der Waals surface area (Å²) in [6.07, 6.45) is 4.94. The molecule has 0 radical (unpaired) electrons. The minimum atomic E-state index is -0.230. The molecule has 0 saturated heterocycles. The average molecular weight is 353 g/mol. The molecule has 26 heavy (non-hydrogen) atoms. The van der Waals surface area contributed by atoms with Gasteiger partial charge in [-0.15, -0.1) is 0 Å². The second kappa shape index (κ2) is 8.47. The van der Waals surface area contributed by atoms with E-state index in [1.165, 1.54) is 0 Å². The molecule has 0 fully saturated rings. The molecular weight excluding hydrogens is 326 g/mol. The Morgan fingerprint density at radius 1 is 1.35 bits per heavy atom. The number of nitrogens with zero attached hydrogens (tertiary/aromatic N) is 2. The summed E-state index contributed by atoms with van der Waals surface area (Å²) >= 11 is 0. The van der Waals surface area contributed by atoms with E-state index in [0.29, 0.717) is 23.8 Å². The molecule has 1 amide bonds. The zero-order chi connectivity index (χ0) is 19.3. The lowest BCUT2D eigenvalue weighted by molar-refractivity contribution is 0.0958. The molecule has 4 N–H and O–H groups in total. The summed E-state index contributed by atoms with van der Waals surface area (Å²) in [7, 11) is 1.59. The fourth-order valence-corrected chi connectivity index (χ4v) is 2.54. The zero-order valence-electron chi connectivity index (χ0n) is 15.9. The van der Waals surface area contributed by atoms with Crippen molar-refractivity contribution < 1.29 is 4.79 Å². The first-order valence-corrected chi connectivity index (χ1v) is 8.73. The van der Waals surface area contributed by atoms with Gasteiger partial charge in [-0.1, -0.05) is 13.5 Å². The molecule has 0 aliphatic carbocycles. The maximum absolute atomic E-state index is 12.1. The van der Waals surface area contributed by atoms with Crippen molar-refractivity contribution in [1.82, 2.24) is 20.6 Å². The number of rotatable bonds is 7. The van der Waals surface area contributed by atoms with E-state index in [0.717, 1.165) is 34.5 Å². The van der Waals surface area contributed by atoms with Gasteiger partial charge >= 0.3 is 0 Å². The Kier molecular flexibility index (Phi) is 6.33. The monoisotopic (exact) mass is 353 g/mol. The Balaban J connectivity index is 2.41. The quantitative estimate of drug-likeness (QED) is 0.712. The van der Waals surface area contributed by atoms with Crippen molar-refractivity contribution >= 4 is 17.3 Å². The SMILES string of the molecule is C=C(N[C@H](C)CC)c1cc(Cc2cncc(N)c2C)nc(C(=O)NC)c1. The first-order valence-electron chi connectivity index (χ1n) is 8.73. The van der Waals surface area contributed by atoms with E-state index in [4.69, 9.17) is 5.73 Å². The van der Waals surface area contributed by atoms with Crippen LogP contribution in [0.2, 0.25) is 0 Å². The van der Waals surface area contributed by atoms with Crippen molar-refractivity contribution in [3.8, 4) is 0 Å². The molecule has 0 bridgehead atoms. The fraction of sp³-hybridized carbons (Fsp3) is 0.350. The van der Waals surface area contributed by atoms with Crippen LogP contribution in [-0.4, -0.2) is 29.0 Å². The van der Waals surface area contributed by atoms with E-state index in [-0.39, 0.29) is 5.91 Å². The van der Waals surface area contributed by atoms with E-state index in [9.17, 15) is 4.79 Å². The smallest absolute Gasteiger partial charge is 0.269 e. The van der Waals surface area contributed by atoms with E-state index in [1.807, 2.05) is 13.0 Å². The largest absolute Gasteiger partial charge is 0.397 e. The number of carbonyl (C=O) groups is 1. The molecule has 0 aliphatic heterocycles. The summed E-state index contributed by atoms with van der Waals surface area (Å²) in [5.74, 6) is -0.230. The molecule has 2 aromatic rings. The second-order valence-electron chi connectivity index (χ2n) is 6.43. The van der Waals surface area contributed by atoms with Crippen molar-refractivity contribution in [3.05, 3.63) is 59.2 Å². The predicted molar refractivity (Wildman–Crippen MR) is 106 cm³/mol. The fourth-order valence-electron chi connectivity index (χ4n) is 2.54. The molecule has 0 aliphatic rings. The average Bonchev–Trinajstić information content (AvgIpc) is 2.64. The molecule has 0 spiro atoms. The molecule has 6 nitrogen and oxygen atoms in total. The molecule has 2 aromatic heterocycles. The van der Waals surface area contributed by atoms with Crippen LogP contribution in [0, 0.1) is 6.92 Å². The van der Waals surface area contributed by atoms with Gasteiger partial charge < -0.3 is 16.4 Å². The number of nitrogen functional groups attached to an aromatic ring is 1. The van der Waals surface area contributed by atoms with Crippen LogP contribution in [0.1, 0.15) is 53.1 Å². The third kappa shape index (κ3) is 4.59. The molecule has 0 saturated carbocycles. The van der Waals surface area contributed by atoms with Gasteiger partial charge in [0.25, 0.3) is 5.91 Å². The number of pyridine rings is 2. The number of nitrogens with one attached hydrogen (secondary N) is 2. The third-order valence-electron chi connectivity index (χ3n) is 4.45. The van der Waals surface area contributed by atoms with Crippen LogP contribution in [-0.2, 0) is 6.42 Å². The number of aromatic nitrogens is 2. The minimum absolute atomic E-state index is 0.230. The molecule has 2 heterocycles. The number of anilines is 1. The Morgan fingerprint density at radius 3 is 2.73 bits per heavy atom. The van der Waals surface area contributed by atoms with Crippen LogP contribution in [0.5, 0.6) is 0 Å². The van der Waals surface area contributed by atoms with E-state index in [2.05, 4.69) is 41.0 Å². The summed E-state index contributed by atoms with van der Waals surface area (Å²) in [5, 5.41) is 5.98. The normalized spacial score (nSPS) is 11.7. The number of nitrogens with two attached hydrogens (primary N) is 1. The van der Waals surface area contributed by atoms with Crippen molar-refractivity contribution in [3.63, 3.8) is 0 Å². The van der Waals surface area contributed by atoms with Gasteiger partial charge in [0.1, 0.15) is 5.69 Å². The summed E-state index contributed by atoms with van der Waals surface area (Å²) in [6.45, 7) is 10.3. The highest BCUT2D eigenvalue weighted by Gasteiger charge is 2.13. The van der Waals surface area contributed by atoms with Crippen LogP contribution in [0.25, 0.3) is 5.70 Å². The first-order chi connectivity index (χ1) is 12.3. The predicted octanol–water partition coefficient (Wildman–Crippen LogP) is 2.68. The number of amides is 1. The van der Waals surface area contributed by atoms with E-state index >= 15 is 0 Å². The zero-order valence-corrected chi connectivity index (χ0v) is 15.9. The third-order valence-corrected chi connectivity index (χ3v) is 4.45. The van der Waals surface area contributed by atoms with Gasteiger partial charge in [0, 0.05) is 42.7 Å². The van der Waals surface area contributed by atoms with Gasteiger partial charge in [-0.05, 0) is 43.5 Å². The minimum Gasteiger partial charge on any atom is -0.397 e. The number of hydrogen-bond donors (Lipinski definition) is 3. The lowest BCUT2D eigenvalue weighted by Crippen LogP contribution is -2.24. The molecule has 0 aromatic carbocycles. The Labute approximate surface area is 154 Å². The van der Waals surface area contributed by atoms with Crippen LogP contribution >= 0.6 is 0 Å². The van der Waals surface area contributed by atoms with Gasteiger partial charge in [0.05, 0.1) is 11.9 Å². The molecular formula is C20H27N5O. The molecule has 0 unspecified atom stereocenters. The summed E-state index contributed by atoms with van der Waals surface area (Å²) in [6, 6.07) is 4.00.